The first kappa shape index (κ1) is 18.6. The van der Waals surface area contributed by atoms with Crippen molar-refractivity contribution in [3.8, 4) is 0 Å². The van der Waals surface area contributed by atoms with Gasteiger partial charge >= 0.3 is 0 Å². The highest BCUT2D eigenvalue weighted by Crippen LogP contribution is 2.27. The SMILES string of the molecule is CCN(Cc1cccs1)C(=O)C1CCN(S(=O)(=O)c2cccs2)CC1. The Balaban J connectivity index is 1.60. The van der Waals surface area contributed by atoms with Crippen molar-refractivity contribution >= 4 is 38.6 Å². The molecule has 2 aromatic heterocycles. The number of rotatable bonds is 6. The number of amides is 1. The second-order valence-electron chi connectivity index (χ2n) is 6.04. The summed E-state index contributed by atoms with van der Waals surface area (Å²) < 4.78 is 27.0. The zero-order chi connectivity index (χ0) is 17.9. The van der Waals surface area contributed by atoms with Crippen molar-refractivity contribution in [3.63, 3.8) is 0 Å². The van der Waals surface area contributed by atoms with E-state index in [1.807, 2.05) is 29.3 Å². The molecule has 0 saturated carbocycles. The van der Waals surface area contributed by atoms with Crippen LogP contribution in [-0.2, 0) is 21.4 Å². The van der Waals surface area contributed by atoms with E-state index < -0.39 is 10.0 Å². The summed E-state index contributed by atoms with van der Waals surface area (Å²) in [6.07, 6.45) is 1.18. The van der Waals surface area contributed by atoms with E-state index in [1.54, 1.807) is 28.8 Å². The number of nitrogens with zero attached hydrogens (tertiary/aromatic N) is 2. The number of piperidine rings is 1. The molecule has 0 spiro atoms. The molecule has 0 aromatic carbocycles. The summed E-state index contributed by atoms with van der Waals surface area (Å²) in [5, 5.41) is 3.79. The highest BCUT2D eigenvalue weighted by Gasteiger charge is 2.33. The minimum Gasteiger partial charge on any atom is -0.338 e. The first-order chi connectivity index (χ1) is 12.0. The molecule has 3 heterocycles. The number of carbonyl (C=O) groups is 1. The molecule has 5 nitrogen and oxygen atoms in total. The molecule has 0 N–H and O–H groups in total. The second kappa shape index (κ2) is 7.99. The van der Waals surface area contributed by atoms with Crippen molar-refractivity contribution in [1.29, 1.82) is 0 Å². The standard InChI is InChI=1S/C17H22N2O3S3/c1-2-18(13-15-5-3-11-23-15)17(20)14-7-9-19(10-8-14)25(21,22)16-6-4-12-24-16/h3-6,11-12,14H,2,7-10,13H2,1H3. The van der Waals surface area contributed by atoms with Crippen molar-refractivity contribution in [2.45, 2.75) is 30.5 Å². The normalized spacial score (nSPS) is 16.8. The number of sulfonamides is 1. The van der Waals surface area contributed by atoms with Crippen LogP contribution in [0.25, 0.3) is 0 Å². The molecular weight excluding hydrogens is 376 g/mol. The maximum absolute atomic E-state index is 12.8. The van der Waals surface area contributed by atoms with Gasteiger partial charge in [0.05, 0.1) is 6.54 Å². The van der Waals surface area contributed by atoms with E-state index in [9.17, 15) is 13.2 Å². The van der Waals surface area contributed by atoms with Crippen molar-refractivity contribution in [3.05, 3.63) is 39.9 Å². The topological polar surface area (TPSA) is 57.7 Å². The van der Waals surface area contributed by atoms with Crippen molar-refractivity contribution in [2.75, 3.05) is 19.6 Å². The van der Waals surface area contributed by atoms with Gasteiger partial charge in [-0.05, 0) is 42.7 Å². The Morgan fingerprint density at radius 1 is 1.20 bits per heavy atom. The summed E-state index contributed by atoms with van der Waals surface area (Å²) in [5.41, 5.74) is 0. The predicted octanol–water partition coefficient (Wildman–Crippen LogP) is 3.26. The van der Waals surface area contributed by atoms with Crippen LogP contribution < -0.4 is 0 Å². The molecule has 1 fully saturated rings. The summed E-state index contributed by atoms with van der Waals surface area (Å²) in [6, 6.07) is 7.41. The van der Waals surface area contributed by atoms with Crippen LogP contribution in [-0.4, -0.2) is 43.2 Å². The summed E-state index contributed by atoms with van der Waals surface area (Å²) in [7, 11) is -3.41. The zero-order valence-corrected chi connectivity index (χ0v) is 16.6. The smallest absolute Gasteiger partial charge is 0.252 e. The molecule has 0 aliphatic carbocycles. The van der Waals surface area contributed by atoms with Gasteiger partial charge in [0.25, 0.3) is 10.0 Å². The van der Waals surface area contributed by atoms with Crippen molar-refractivity contribution < 1.29 is 13.2 Å². The first-order valence-corrected chi connectivity index (χ1v) is 11.6. The third kappa shape index (κ3) is 4.13. The monoisotopic (exact) mass is 398 g/mol. The van der Waals surface area contributed by atoms with Gasteiger partial charge in [-0.2, -0.15) is 4.31 Å². The van der Waals surface area contributed by atoms with Crippen molar-refractivity contribution in [1.82, 2.24) is 9.21 Å². The first-order valence-electron chi connectivity index (χ1n) is 8.37. The van der Waals surface area contributed by atoms with E-state index in [1.165, 1.54) is 20.5 Å². The Bertz CT molecular complexity index is 777. The highest BCUT2D eigenvalue weighted by molar-refractivity contribution is 7.91. The van der Waals surface area contributed by atoms with Crippen LogP contribution in [0.15, 0.2) is 39.2 Å². The summed E-state index contributed by atoms with van der Waals surface area (Å²) in [6.45, 7) is 4.12. The van der Waals surface area contributed by atoms with Crippen LogP contribution in [0.4, 0.5) is 0 Å². The number of carbonyl (C=O) groups excluding carboxylic acids is 1. The lowest BCUT2D eigenvalue weighted by molar-refractivity contribution is -0.137. The lowest BCUT2D eigenvalue weighted by atomic mass is 9.96. The van der Waals surface area contributed by atoms with Gasteiger partial charge in [0.2, 0.25) is 5.91 Å². The van der Waals surface area contributed by atoms with Gasteiger partial charge < -0.3 is 4.90 Å². The maximum Gasteiger partial charge on any atom is 0.252 e. The van der Waals surface area contributed by atoms with E-state index in [-0.39, 0.29) is 11.8 Å². The molecule has 8 heteroatoms. The van der Waals surface area contributed by atoms with Gasteiger partial charge in [-0.3, -0.25) is 4.79 Å². The Morgan fingerprint density at radius 2 is 1.88 bits per heavy atom. The maximum atomic E-state index is 12.8. The van der Waals surface area contributed by atoms with E-state index in [0.29, 0.717) is 43.2 Å². The molecule has 3 rings (SSSR count). The van der Waals surface area contributed by atoms with Crippen LogP contribution in [0.3, 0.4) is 0 Å². The Labute approximate surface area is 156 Å². The fourth-order valence-corrected chi connectivity index (χ4v) is 6.41. The van der Waals surface area contributed by atoms with Crippen molar-refractivity contribution in [2.24, 2.45) is 5.92 Å². The molecule has 0 unspecified atom stereocenters. The molecule has 25 heavy (non-hydrogen) atoms. The largest absolute Gasteiger partial charge is 0.338 e. The average Bonchev–Trinajstić information content (AvgIpc) is 3.33. The van der Waals surface area contributed by atoms with E-state index in [2.05, 4.69) is 0 Å². The zero-order valence-electron chi connectivity index (χ0n) is 14.1. The fraction of sp³-hybridized carbons (Fsp3) is 0.471. The summed E-state index contributed by atoms with van der Waals surface area (Å²) in [5.74, 6) is 0.0544. The molecular formula is C17H22N2O3S3. The summed E-state index contributed by atoms with van der Waals surface area (Å²) >= 11 is 2.89. The van der Waals surface area contributed by atoms with Gasteiger partial charge in [0.1, 0.15) is 4.21 Å². The molecule has 136 valence electrons. The molecule has 2 aromatic rings. The van der Waals surface area contributed by atoms with Crippen LogP contribution >= 0.6 is 22.7 Å². The fourth-order valence-electron chi connectivity index (χ4n) is 3.08. The van der Waals surface area contributed by atoms with E-state index in [4.69, 9.17) is 0 Å². The minimum atomic E-state index is -3.41. The quantitative estimate of drug-likeness (QED) is 0.750. The van der Waals surface area contributed by atoms with Gasteiger partial charge in [-0.25, -0.2) is 8.42 Å². The third-order valence-corrected chi connectivity index (χ3v) is 8.65. The molecule has 1 aliphatic heterocycles. The number of hydrogen-bond donors (Lipinski definition) is 0. The second-order valence-corrected chi connectivity index (χ2v) is 10.2. The number of hydrogen-bond acceptors (Lipinski definition) is 5. The lowest BCUT2D eigenvalue weighted by Crippen LogP contribution is -2.44. The van der Waals surface area contributed by atoms with E-state index >= 15 is 0 Å². The Morgan fingerprint density at radius 3 is 2.44 bits per heavy atom. The molecule has 1 aliphatic rings. The number of thiophene rings is 2. The van der Waals surface area contributed by atoms with Gasteiger partial charge in [-0.1, -0.05) is 12.1 Å². The molecule has 1 saturated heterocycles. The van der Waals surface area contributed by atoms with Crippen LogP contribution in [0.1, 0.15) is 24.6 Å². The van der Waals surface area contributed by atoms with E-state index in [0.717, 1.165) is 0 Å². The van der Waals surface area contributed by atoms with Gasteiger partial charge in [-0.15, -0.1) is 22.7 Å². The van der Waals surface area contributed by atoms with Crippen LogP contribution in [0.5, 0.6) is 0 Å². The average molecular weight is 399 g/mol. The van der Waals surface area contributed by atoms with Crippen LogP contribution in [0.2, 0.25) is 0 Å². The highest BCUT2D eigenvalue weighted by atomic mass is 32.2. The molecule has 0 radical (unpaired) electrons. The van der Waals surface area contributed by atoms with Crippen LogP contribution in [0, 0.1) is 5.92 Å². The predicted molar refractivity (Wildman–Crippen MR) is 101 cm³/mol. The third-order valence-electron chi connectivity index (χ3n) is 4.51. The summed E-state index contributed by atoms with van der Waals surface area (Å²) in [4.78, 5) is 15.9. The Hall–Kier alpha value is -1.22. The molecule has 0 bridgehead atoms. The minimum absolute atomic E-state index is 0.0882. The molecule has 0 atom stereocenters. The lowest BCUT2D eigenvalue weighted by Gasteiger charge is -2.33. The van der Waals surface area contributed by atoms with Gasteiger partial charge in [0, 0.05) is 30.4 Å². The van der Waals surface area contributed by atoms with Gasteiger partial charge in [0.15, 0.2) is 0 Å². The Kier molecular flexibility index (Phi) is 5.93. The molecule has 1 amide bonds.